The molecule has 0 aromatic heterocycles. The monoisotopic (exact) mass is 398 g/mol. The first-order valence-corrected chi connectivity index (χ1v) is 23.3. The van der Waals surface area contributed by atoms with E-state index in [1.54, 1.807) is 0 Å². The Balaban J connectivity index is 3.75. The highest BCUT2D eigenvalue weighted by Gasteiger charge is 2.63. The standard InChI is InChI=1S/C17H38N2OSi4/c1-19(18)24(22(5,6)7,23(8,9)10)17(20-21(2,3)4)16-14-12-11-13-15-16/h11-15,17H,18H2,1-10H3. The van der Waals surface area contributed by atoms with Crippen LogP contribution < -0.4 is 5.84 Å². The van der Waals surface area contributed by atoms with Crippen LogP contribution in [0.15, 0.2) is 30.3 Å². The fourth-order valence-corrected chi connectivity index (χ4v) is 54.2. The Morgan fingerprint density at radius 3 is 1.54 bits per heavy atom. The number of benzene rings is 1. The first-order valence-electron chi connectivity index (χ1n) is 8.86. The van der Waals surface area contributed by atoms with E-state index in [2.05, 4.69) is 101 Å². The van der Waals surface area contributed by atoms with Crippen molar-refractivity contribution < 1.29 is 4.43 Å². The molecule has 0 bridgehead atoms. The zero-order valence-electron chi connectivity index (χ0n) is 17.4. The fraction of sp³-hybridized carbons (Fsp3) is 0.647. The zero-order chi connectivity index (χ0) is 19.0. The van der Waals surface area contributed by atoms with E-state index in [1.165, 1.54) is 5.56 Å². The lowest BCUT2D eigenvalue weighted by molar-refractivity contribution is 0.258. The van der Waals surface area contributed by atoms with Gasteiger partial charge in [-0.15, -0.1) is 0 Å². The van der Waals surface area contributed by atoms with Crippen LogP contribution in [0.3, 0.4) is 0 Å². The molecule has 0 aliphatic rings. The van der Waals surface area contributed by atoms with Gasteiger partial charge >= 0.3 is 0 Å². The van der Waals surface area contributed by atoms with Gasteiger partial charge in [0.15, 0.2) is 15.6 Å². The molecule has 0 saturated heterocycles. The van der Waals surface area contributed by atoms with Gasteiger partial charge in [-0.2, -0.15) is 0 Å². The molecule has 1 rings (SSSR count). The maximum absolute atomic E-state index is 6.95. The third-order valence-electron chi connectivity index (χ3n) is 4.80. The maximum atomic E-state index is 6.95. The molecule has 0 saturated carbocycles. The highest BCUT2D eigenvalue weighted by molar-refractivity contribution is 7.68. The minimum atomic E-state index is -2.05. The number of nitrogens with two attached hydrogens (primary N) is 1. The number of hydrogen-bond acceptors (Lipinski definition) is 3. The summed E-state index contributed by atoms with van der Waals surface area (Å²) in [6.07, 6.45) is 0. The van der Waals surface area contributed by atoms with Crippen molar-refractivity contribution in [3.05, 3.63) is 35.9 Å². The number of hydrazine groups is 1. The van der Waals surface area contributed by atoms with Crippen molar-refractivity contribution in [3.8, 4) is 0 Å². The summed E-state index contributed by atoms with van der Waals surface area (Å²) >= 11 is 0. The lowest BCUT2D eigenvalue weighted by atomic mass is 10.2. The van der Waals surface area contributed by atoms with Gasteiger partial charge in [-0.25, -0.2) is 0 Å². The van der Waals surface area contributed by atoms with Crippen LogP contribution in [0.2, 0.25) is 58.9 Å². The smallest absolute Gasteiger partial charge is 0.184 e. The predicted molar refractivity (Wildman–Crippen MR) is 118 cm³/mol. The summed E-state index contributed by atoms with van der Waals surface area (Å²) in [4.78, 5) is 0. The largest absolute Gasteiger partial charge is 0.412 e. The Labute approximate surface area is 153 Å². The molecular formula is C17H38N2OSi4. The molecular weight excluding hydrogens is 361 g/mol. The van der Waals surface area contributed by atoms with Crippen molar-refractivity contribution in [3.63, 3.8) is 0 Å². The van der Waals surface area contributed by atoms with Gasteiger partial charge in [0.2, 0.25) is 0 Å². The lowest BCUT2D eigenvalue weighted by Crippen LogP contribution is -2.84. The Kier molecular flexibility index (Phi) is 6.69. The first kappa shape index (κ1) is 22.0. The zero-order valence-corrected chi connectivity index (χ0v) is 21.4. The van der Waals surface area contributed by atoms with E-state index in [-0.39, 0.29) is 5.73 Å². The molecule has 0 amide bonds. The molecule has 0 fully saturated rings. The summed E-state index contributed by atoms with van der Waals surface area (Å²) < 4.78 is 9.12. The van der Waals surface area contributed by atoms with E-state index in [0.29, 0.717) is 0 Å². The molecule has 0 heterocycles. The maximum Gasteiger partial charge on any atom is 0.184 e. The van der Waals surface area contributed by atoms with Gasteiger partial charge < -0.3 is 4.43 Å². The number of rotatable bonds is 7. The molecule has 1 aromatic rings. The Bertz CT molecular complexity index is 516. The van der Waals surface area contributed by atoms with E-state index in [1.807, 2.05) is 0 Å². The molecule has 2 N–H and O–H groups in total. The highest BCUT2D eigenvalue weighted by atomic mass is 29.6. The van der Waals surface area contributed by atoms with E-state index >= 15 is 0 Å². The molecule has 138 valence electrons. The molecule has 0 aliphatic carbocycles. The van der Waals surface area contributed by atoms with Crippen LogP contribution >= 0.6 is 0 Å². The molecule has 0 spiro atoms. The summed E-state index contributed by atoms with van der Waals surface area (Å²) in [6, 6.07) is 10.9. The topological polar surface area (TPSA) is 38.5 Å². The minimum Gasteiger partial charge on any atom is -0.412 e. The number of nitrogens with zero attached hydrogens (tertiary/aromatic N) is 1. The van der Waals surface area contributed by atoms with E-state index < -0.39 is 30.8 Å². The van der Waals surface area contributed by atoms with Crippen LogP contribution in [0.25, 0.3) is 0 Å². The Hall–Kier alpha value is -0.0325. The Morgan fingerprint density at radius 1 is 0.833 bits per heavy atom. The third kappa shape index (κ3) is 4.38. The first-order chi connectivity index (χ1) is 10.6. The van der Waals surface area contributed by atoms with Crippen LogP contribution in [0, 0.1) is 0 Å². The van der Waals surface area contributed by atoms with Gasteiger partial charge in [-0.3, -0.25) is 10.5 Å². The summed E-state index contributed by atoms with van der Waals surface area (Å²) in [6.45, 7) is 21.9. The summed E-state index contributed by atoms with van der Waals surface area (Å²) in [5.41, 5.74) is 1.49. The van der Waals surface area contributed by atoms with Crippen molar-refractivity contribution in [2.24, 2.45) is 5.84 Å². The molecule has 1 aromatic carbocycles. The molecule has 0 aliphatic heterocycles. The van der Waals surface area contributed by atoms with Gasteiger partial charge in [0.1, 0.15) is 0 Å². The summed E-state index contributed by atoms with van der Waals surface area (Å²) in [7, 11) is -4.82. The Morgan fingerprint density at radius 2 is 1.25 bits per heavy atom. The highest BCUT2D eigenvalue weighted by Crippen LogP contribution is 2.43. The molecule has 3 nitrogen and oxygen atoms in total. The van der Waals surface area contributed by atoms with Gasteiger partial charge in [0, 0.05) is 0 Å². The second kappa shape index (κ2) is 7.30. The number of hydrogen-bond donors (Lipinski definition) is 1. The molecule has 1 unspecified atom stereocenters. The molecule has 0 radical (unpaired) electrons. The average molecular weight is 399 g/mol. The molecule has 1 atom stereocenters. The third-order valence-corrected chi connectivity index (χ3v) is 43.8. The van der Waals surface area contributed by atoms with Crippen LogP contribution in [0.4, 0.5) is 0 Å². The average Bonchev–Trinajstić information content (AvgIpc) is 2.33. The van der Waals surface area contributed by atoms with Crippen molar-refractivity contribution >= 4 is 30.8 Å². The molecule has 24 heavy (non-hydrogen) atoms. The summed E-state index contributed by atoms with van der Waals surface area (Å²) in [5.74, 6) is 6.70. The normalized spacial score (nSPS) is 15.7. The van der Waals surface area contributed by atoms with Crippen LogP contribution in [0.1, 0.15) is 11.3 Å². The van der Waals surface area contributed by atoms with E-state index in [9.17, 15) is 0 Å². The van der Waals surface area contributed by atoms with Crippen LogP contribution in [-0.2, 0) is 4.43 Å². The quantitative estimate of drug-likeness (QED) is 0.411. The second-order valence-corrected chi connectivity index (χ2v) is 41.2. The lowest BCUT2D eigenvalue weighted by Gasteiger charge is -2.58. The van der Waals surface area contributed by atoms with E-state index in [4.69, 9.17) is 10.3 Å². The fourth-order valence-electron chi connectivity index (χ4n) is 4.53. The van der Waals surface area contributed by atoms with Crippen molar-refractivity contribution in [2.75, 3.05) is 7.05 Å². The molecule has 7 heteroatoms. The van der Waals surface area contributed by atoms with Crippen molar-refractivity contribution in [2.45, 2.75) is 64.7 Å². The van der Waals surface area contributed by atoms with Gasteiger partial charge in [0.05, 0.1) is 20.9 Å². The van der Waals surface area contributed by atoms with Gasteiger partial charge in [-0.1, -0.05) is 69.6 Å². The van der Waals surface area contributed by atoms with Gasteiger partial charge in [0.25, 0.3) is 0 Å². The second-order valence-electron chi connectivity index (χ2n) is 9.90. The van der Waals surface area contributed by atoms with E-state index in [0.717, 1.165) is 0 Å². The SMILES string of the molecule is CN(N)[Si](C(O[Si](C)(C)C)c1ccccc1)([Si](C)(C)C)[Si](C)(C)C. The van der Waals surface area contributed by atoms with Crippen molar-refractivity contribution in [1.29, 1.82) is 0 Å². The van der Waals surface area contributed by atoms with Crippen LogP contribution in [-0.4, -0.2) is 42.5 Å². The van der Waals surface area contributed by atoms with Gasteiger partial charge in [-0.05, 0) is 32.3 Å². The summed E-state index contributed by atoms with van der Waals surface area (Å²) in [5, 5.41) is 0. The van der Waals surface area contributed by atoms with Crippen molar-refractivity contribution in [1.82, 2.24) is 4.67 Å². The minimum absolute atomic E-state index is 0.165. The predicted octanol–water partition coefficient (Wildman–Crippen LogP) is 4.70. The van der Waals surface area contributed by atoms with Crippen LogP contribution in [0.5, 0.6) is 0 Å².